The van der Waals surface area contributed by atoms with E-state index in [2.05, 4.69) is 4.99 Å². The number of fused-ring (bicyclic) bond motifs is 2. The molecule has 0 spiro atoms. The monoisotopic (exact) mass is 483 g/mol. The zero-order valence-corrected chi connectivity index (χ0v) is 19.4. The van der Waals surface area contributed by atoms with Gasteiger partial charge in [-0.25, -0.2) is 8.42 Å². The zero-order valence-electron chi connectivity index (χ0n) is 17.0. The summed E-state index contributed by atoms with van der Waals surface area (Å²) in [5.74, 6) is -0.446. The van der Waals surface area contributed by atoms with E-state index in [0.29, 0.717) is 34.0 Å². The largest absolute Gasteiger partial charge is 0.318 e. The van der Waals surface area contributed by atoms with E-state index in [9.17, 15) is 13.2 Å². The Balaban J connectivity index is 1.45. The second-order valence-corrected chi connectivity index (χ2v) is 10.7. The van der Waals surface area contributed by atoms with E-state index in [1.807, 2.05) is 36.4 Å². The number of carbonyl (C=O) groups excluding carboxylic acids is 1. The average Bonchev–Trinajstić information content (AvgIpc) is 3.36. The minimum atomic E-state index is -3.71. The van der Waals surface area contributed by atoms with Crippen molar-refractivity contribution < 1.29 is 13.2 Å². The summed E-state index contributed by atoms with van der Waals surface area (Å²) in [4.78, 5) is 17.6. The number of halogens is 1. The van der Waals surface area contributed by atoms with Gasteiger partial charge in [0.15, 0.2) is 4.80 Å². The average molecular weight is 484 g/mol. The third-order valence-corrected chi connectivity index (χ3v) is 8.73. The van der Waals surface area contributed by atoms with Crippen molar-refractivity contribution >= 4 is 54.8 Å². The van der Waals surface area contributed by atoms with Crippen molar-refractivity contribution in [2.75, 3.05) is 10.8 Å². The van der Waals surface area contributed by atoms with Crippen LogP contribution in [0.3, 0.4) is 0 Å². The van der Waals surface area contributed by atoms with Gasteiger partial charge in [-0.05, 0) is 54.4 Å². The highest BCUT2D eigenvalue weighted by molar-refractivity contribution is 7.92. The Morgan fingerprint density at radius 2 is 1.78 bits per heavy atom. The summed E-state index contributed by atoms with van der Waals surface area (Å²) in [5.41, 5.74) is 2.85. The van der Waals surface area contributed by atoms with Gasteiger partial charge in [-0.1, -0.05) is 47.2 Å². The molecule has 0 bridgehead atoms. The Morgan fingerprint density at radius 3 is 2.53 bits per heavy atom. The molecule has 2 heterocycles. The van der Waals surface area contributed by atoms with Crippen LogP contribution < -0.4 is 9.11 Å². The van der Waals surface area contributed by atoms with Crippen LogP contribution in [0.1, 0.15) is 15.9 Å². The minimum Gasteiger partial charge on any atom is -0.318 e. The second-order valence-electron chi connectivity index (χ2n) is 7.43. The van der Waals surface area contributed by atoms with Gasteiger partial charge in [-0.15, -0.1) is 0 Å². The normalized spacial score (nSPS) is 14.2. The van der Waals surface area contributed by atoms with E-state index in [-0.39, 0.29) is 4.90 Å². The summed E-state index contributed by atoms with van der Waals surface area (Å²) in [5, 5.41) is 0.591. The molecule has 1 aliphatic rings. The van der Waals surface area contributed by atoms with Crippen molar-refractivity contribution in [3.63, 3.8) is 0 Å². The van der Waals surface area contributed by atoms with E-state index in [0.717, 1.165) is 15.8 Å². The maximum atomic E-state index is 13.1. The van der Waals surface area contributed by atoms with Crippen molar-refractivity contribution in [2.24, 2.45) is 12.0 Å². The van der Waals surface area contributed by atoms with Crippen molar-refractivity contribution in [2.45, 2.75) is 11.3 Å². The van der Waals surface area contributed by atoms with Crippen molar-refractivity contribution in [1.29, 1.82) is 0 Å². The maximum absolute atomic E-state index is 13.1. The standard InChI is InChI=1S/C23H18ClN3O3S2/c1-26-21-18(24)6-4-8-20(21)31-23(26)25-22(28)16-9-11-17(12-10-16)32(29,30)27-14-13-15-5-2-3-7-19(15)27/h2-12H,13-14H2,1H3. The summed E-state index contributed by atoms with van der Waals surface area (Å²) in [6.45, 7) is 0.405. The number of thiazole rings is 1. The number of aryl methyl sites for hydroxylation is 1. The lowest BCUT2D eigenvalue weighted by atomic mass is 10.2. The molecule has 1 aromatic heterocycles. The highest BCUT2D eigenvalue weighted by Gasteiger charge is 2.30. The summed E-state index contributed by atoms with van der Waals surface area (Å²) in [6, 6.07) is 19.0. The van der Waals surface area contributed by atoms with Gasteiger partial charge in [0.2, 0.25) is 0 Å². The first-order valence-electron chi connectivity index (χ1n) is 9.90. The number of hydrogen-bond donors (Lipinski definition) is 0. The zero-order chi connectivity index (χ0) is 22.5. The Hall–Kier alpha value is -2.94. The van der Waals surface area contributed by atoms with Gasteiger partial charge in [0.05, 0.1) is 25.8 Å². The Kier molecular flexibility index (Phi) is 5.16. The van der Waals surface area contributed by atoms with E-state index in [1.165, 1.54) is 39.9 Å². The molecule has 0 unspecified atom stereocenters. The number of para-hydroxylation sites is 2. The molecule has 0 aliphatic carbocycles. The summed E-state index contributed by atoms with van der Waals surface area (Å²) < 4.78 is 30.4. The summed E-state index contributed by atoms with van der Waals surface area (Å²) in [6.07, 6.45) is 0.682. The third-order valence-electron chi connectivity index (χ3n) is 5.50. The maximum Gasteiger partial charge on any atom is 0.279 e. The van der Waals surface area contributed by atoms with Gasteiger partial charge in [0, 0.05) is 19.2 Å². The van der Waals surface area contributed by atoms with Gasteiger partial charge in [0.25, 0.3) is 15.9 Å². The number of sulfonamides is 1. The Morgan fingerprint density at radius 1 is 1.03 bits per heavy atom. The summed E-state index contributed by atoms with van der Waals surface area (Å²) in [7, 11) is -1.90. The molecule has 0 N–H and O–H groups in total. The lowest BCUT2D eigenvalue weighted by molar-refractivity contribution is 0.0998. The molecular weight excluding hydrogens is 466 g/mol. The van der Waals surface area contributed by atoms with Crippen molar-refractivity contribution in [3.8, 4) is 0 Å². The predicted octanol–water partition coefficient (Wildman–Crippen LogP) is 4.39. The summed E-state index contributed by atoms with van der Waals surface area (Å²) >= 11 is 7.64. The predicted molar refractivity (Wildman–Crippen MR) is 127 cm³/mol. The van der Waals surface area contributed by atoms with Crippen LogP contribution in [0, 0.1) is 0 Å². The smallest absolute Gasteiger partial charge is 0.279 e. The minimum absolute atomic E-state index is 0.143. The quantitative estimate of drug-likeness (QED) is 0.434. The molecule has 162 valence electrons. The molecule has 6 nitrogen and oxygen atoms in total. The molecule has 0 atom stereocenters. The number of anilines is 1. The number of carbonyl (C=O) groups is 1. The highest BCUT2D eigenvalue weighted by Crippen LogP contribution is 2.32. The lowest BCUT2D eigenvalue weighted by Crippen LogP contribution is -2.29. The second kappa shape index (κ2) is 7.88. The van der Waals surface area contributed by atoms with Crippen molar-refractivity contribution in [3.05, 3.63) is 87.7 Å². The SMILES string of the molecule is Cn1c(=NC(=O)c2ccc(S(=O)(=O)N3CCc4ccccc43)cc2)sc2cccc(Cl)c21. The van der Waals surface area contributed by atoms with Crippen LogP contribution in [0.5, 0.6) is 0 Å². The fraction of sp³-hybridized carbons (Fsp3) is 0.130. The molecule has 0 saturated carbocycles. The number of rotatable bonds is 3. The number of hydrogen-bond acceptors (Lipinski definition) is 4. The molecule has 32 heavy (non-hydrogen) atoms. The topological polar surface area (TPSA) is 71.7 Å². The van der Waals surface area contributed by atoms with E-state index >= 15 is 0 Å². The molecule has 1 aliphatic heterocycles. The first kappa shape index (κ1) is 20.9. The Bertz CT molecular complexity index is 1540. The van der Waals surface area contributed by atoms with Crippen LogP contribution in [0.4, 0.5) is 5.69 Å². The van der Waals surface area contributed by atoms with Crippen LogP contribution in [-0.4, -0.2) is 25.4 Å². The first-order chi connectivity index (χ1) is 15.4. The molecule has 0 saturated heterocycles. The third kappa shape index (κ3) is 3.44. The first-order valence-corrected chi connectivity index (χ1v) is 12.5. The van der Waals surface area contributed by atoms with Crippen molar-refractivity contribution in [1.82, 2.24) is 4.57 Å². The molecule has 9 heteroatoms. The Labute approximate surface area is 194 Å². The van der Waals surface area contributed by atoms with Gasteiger partial charge >= 0.3 is 0 Å². The van der Waals surface area contributed by atoms with Crippen LogP contribution in [0.2, 0.25) is 5.02 Å². The van der Waals surface area contributed by atoms with Crippen LogP contribution in [0.15, 0.2) is 76.6 Å². The number of benzene rings is 3. The van der Waals surface area contributed by atoms with Crippen LogP contribution in [-0.2, 0) is 23.5 Å². The van der Waals surface area contributed by atoms with Gasteiger partial charge in [-0.3, -0.25) is 9.10 Å². The number of aromatic nitrogens is 1. The van der Waals surface area contributed by atoms with E-state index < -0.39 is 15.9 Å². The van der Waals surface area contributed by atoms with E-state index in [4.69, 9.17) is 11.6 Å². The van der Waals surface area contributed by atoms with Gasteiger partial charge in [-0.2, -0.15) is 4.99 Å². The number of amides is 1. The molecular formula is C23H18ClN3O3S2. The molecule has 0 radical (unpaired) electrons. The molecule has 1 amide bonds. The fourth-order valence-corrected chi connectivity index (χ4v) is 6.77. The number of nitrogens with zero attached hydrogens (tertiary/aromatic N) is 3. The molecule has 4 aromatic rings. The fourth-order valence-electron chi connectivity index (χ4n) is 3.87. The van der Waals surface area contributed by atoms with Gasteiger partial charge in [0.1, 0.15) is 0 Å². The van der Waals surface area contributed by atoms with Crippen LogP contribution >= 0.6 is 22.9 Å². The molecule has 0 fully saturated rings. The van der Waals surface area contributed by atoms with Gasteiger partial charge < -0.3 is 4.57 Å². The highest BCUT2D eigenvalue weighted by atomic mass is 35.5. The molecule has 3 aromatic carbocycles. The van der Waals surface area contributed by atoms with Crippen LogP contribution in [0.25, 0.3) is 10.2 Å². The van der Waals surface area contributed by atoms with E-state index in [1.54, 1.807) is 17.7 Å². The molecule has 5 rings (SSSR count). The lowest BCUT2D eigenvalue weighted by Gasteiger charge is -2.19.